The Morgan fingerprint density at radius 3 is 2.72 bits per heavy atom. The lowest BCUT2D eigenvalue weighted by molar-refractivity contribution is -0.119. The summed E-state index contributed by atoms with van der Waals surface area (Å²) in [4.78, 5) is 30.3. The Morgan fingerprint density at radius 1 is 1.28 bits per heavy atom. The predicted octanol–water partition coefficient (Wildman–Crippen LogP) is 1.77. The Kier molecular flexibility index (Phi) is 4.74. The minimum atomic E-state index is -0.169. The Hall–Kier alpha value is -2.83. The average molecular weight is 342 g/mol. The molecule has 2 amide bonds. The molecule has 2 N–H and O–H groups in total. The first-order chi connectivity index (χ1) is 12.0. The van der Waals surface area contributed by atoms with Crippen molar-refractivity contribution in [3.63, 3.8) is 0 Å². The summed E-state index contributed by atoms with van der Waals surface area (Å²) >= 11 is 0. The highest BCUT2D eigenvalue weighted by Crippen LogP contribution is 2.30. The van der Waals surface area contributed by atoms with Gasteiger partial charge in [-0.05, 0) is 31.2 Å². The van der Waals surface area contributed by atoms with Crippen molar-refractivity contribution < 1.29 is 14.0 Å². The van der Waals surface area contributed by atoms with Gasteiger partial charge >= 0.3 is 0 Å². The van der Waals surface area contributed by atoms with Crippen LogP contribution < -0.4 is 10.6 Å². The van der Waals surface area contributed by atoms with Crippen LogP contribution >= 0.6 is 0 Å². The number of hydrogen-bond acceptors (Lipinski definition) is 5. The third-order valence-corrected chi connectivity index (χ3v) is 4.39. The summed E-state index contributed by atoms with van der Waals surface area (Å²) in [6.45, 7) is 4.30. The standard InChI is InChI=1S/C18H22N4O3/c1-11-4-5-16(25-11)14-9-22(10-15(14)21-12(2)23)18(24)13-6-7-20-17(8-13)19-3/h4-8,14-15H,9-10H2,1-3H3,(H,19,20)(H,21,23)/t14-,15-/m1/s1. The molecule has 2 aromatic rings. The number of furan rings is 1. The Labute approximate surface area is 146 Å². The smallest absolute Gasteiger partial charge is 0.254 e. The van der Waals surface area contributed by atoms with Gasteiger partial charge in [0.25, 0.3) is 5.91 Å². The van der Waals surface area contributed by atoms with E-state index in [1.54, 1.807) is 30.3 Å². The molecule has 7 heteroatoms. The number of anilines is 1. The number of aromatic nitrogens is 1. The molecule has 3 rings (SSSR count). The van der Waals surface area contributed by atoms with Gasteiger partial charge in [-0.3, -0.25) is 9.59 Å². The van der Waals surface area contributed by atoms with E-state index < -0.39 is 0 Å². The minimum Gasteiger partial charge on any atom is -0.466 e. The van der Waals surface area contributed by atoms with E-state index in [4.69, 9.17) is 4.42 Å². The second kappa shape index (κ2) is 6.96. The van der Waals surface area contributed by atoms with E-state index in [0.29, 0.717) is 24.5 Å². The highest BCUT2D eigenvalue weighted by atomic mass is 16.3. The topological polar surface area (TPSA) is 87.5 Å². The van der Waals surface area contributed by atoms with Crippen LogP contribution in [0.15, 0.2) is 34.9 Å². The molecule has 7 nitrogen and oxygen atoms in total. The average Bonchev–Trinajstić information content (AvgIpc) is 3.20. The van der Waals surface area contributed by atoms with Crippen molar-refractivity contribution in [2.24, 2.45) is 0 Å². The number of nitrogens with one attached hydrogen (secondary N) is 2. The molecule has 0 saturated carbocycles. The molecule has 0 spiro atoms. The molecule has 2 aromatic heterocycles. The molecular weight excluding hydrogens is 320 g/mol. The summed E-state index contributed by atoms with van der Waals surface area (Å²) in [6, 6.07) is 7.06. The number of hydrogen-bond donors (Lipinski definition) is 2. The number of likely N-dealkylation sites (tertiary alicyclic amines) is 1. The number of carbonyl (C=O) groups is 2. The molecule has 1 fully saturated rings. The highest BCUT2D eigenvalue weighted by molar-refractivity contribution is 5.95. The third kappa shape index (κ3) is 3.65. The van der Waals surface area contributed by atoms with E-state index in [1.165, 1.54) is 6.92 Å². The highest BCUT2D eigenvalue weighted by Gasteiger charge is 2.38. The Balaban J connectivity index is 1.82. The normalized spacial score (nSPS) is 19.7. The van der Waals surface area contributed by atoms with Gasteiger partial charge < -0.3 is 20.0 Å². The fourth-order valence-corrected chi connectivity index (χ4v) is 3.20. The van der Waals surface area contributed by atoms with Crippen LogP contribution in [-0.2, 0) is 4.79 Å². The van der Waals surface area contributed by atoms with Gasteiger partial charge in [-0.25, -0.2) is 4.98 Å². The quantitative estimate of drug-likeness (QED) is 0.884. The van der Waals surface area contributed by atoms with Gasteiger partial charge in [-0.1, -0.05) is 0 Å². The van der Waals surface area contributed by atoms with E-state index in [2.05, 4.69) is 15.6 Å². The second-order valence-corrected chi connectivity index (χ2v) is 6.25. The van der Waals surface area contributed by atoms with Crippen molar-refractivity contribution in [2.45, 2.75) is 25.8 Å². The molecule has 1 aliphatic heterocycles. The van der Waals surface area contributed by atoms with Crippen molar-refractivity contribution in [3.8, 4) is 0 Å². The summed E-state index contributed by atoms with van der Waals surface area (Å²) < 4.78 is 5.74. The van der Waals surface area contributed by atoms with E-state index >= 15 is 0 Å². The van der Waals surface area contributed by atoms with Crippen LogP contribution in [0.4, 0.5) is 5.82 Å². The van der Waals surface area contributed by atoms with Crippen molar-refractivity contribution in [2.75, 3.05) is 25.5 Å². The molecule has 1 aliphatic rings. The van der Waals surface area contributed by atoms with Crippen molar-refractivity contribution in [1.29, 1.82) is 0 Å². The summed E-state index contributed by atoms with van der Waals surface area (Å²) in [5.41, 5.74) is 0.567. The lowest BCUT2D eigenvalue weighted by atomic mass is 10.0. The first kappa shape index (κ1) is 17.0. The SMILES string of the molecule is CNc1cc(C(=O)N2C[C@@H](NC(C)=O)[C@H](c3ccc(C)o3)C2)ccn1. The van der Waals surface area contributed by atoms with Crippen LogP contribution in [0, 0.1) is 6.92 Å². The fraction of sp³-hybridized carbons (Fsp3) is 0.389. The Bertz CT molecular complexity index is 786. The first-order valence-electron chi connectivity index (χ1n) is 8.24. The zero-order valence-corrected chi connectivity index (χ0v) is 14.6. The van der Waals surface area contributed by atoms with Gasteiger partial charge in [0, 0.05) is 38.8 Å². The number of amides is 2. The number of carbonyl (C=O) groups excluding carboxylic acids is 2. The summed E-state index contributed by atoms with van der Waals surface area (Å²) in [7, 11) is 1.76. The molecule has 25 heavy (non-hydrogen) atoms. The van der Waals surface area contributed by atoms with Gasteiger partial charge in [-0.15, -0.1) is 0 Å². The molecule has 3 heterocycles. The van der Waals surface area contributed by atoms with Crippen molar-refractivity contribution in [1.82, 2.24) is 15.2 Å². The minimum absolute atomic E-state index is 0.0628. The van der Waals surface area contributed by atoms with E-state index in [9.17, 15) is 9.59 Å². The molecule has 0 radical (unpaired) electrons. The third-order valence-electron chi connectivity index (χ3n) is 4.39. The Morgan fingerprint density at radius 2 is 2.08 bits per heavy atom. The summed E-state index contributed by atoms with van der Waals surface area (Å²) in [5.74, 6) is 1.98. The zero-order valence-electron chi connectivity index (χ0n) is 14.6. The lowest BCUT2D eigenvalue weighted by Gasteiger charge is -2.17. The van der Waals surface area contributed by atoms with Crippen LogP contribution in [0.2, 0.25) is 0 Å². The van der Waals surface area contributed by atoms with Crippen molar-refractivity contribution in [3.05, 3.63) is 47.5 Å². The molecule has 0 aromatic carbocycles. The summed E-state index contributed by atoms with van der Waals surface area (Å²) in [5, 5.41) is 5.87. The van der Waals surface area contributed by atoms with Crippen LogP contribution in [0.1, 0.15) is 34.7 Å². The van der Waals surface area contributed by atoms with Gasteiger partial charge in [0.1, 0.15) is 17.3 Å². The number of nitrogens with zero attached hydrogens (tertiary/aromatic N) is 2. The van der Waals surface area contributed by atoms with Crippen LogP contribution in [-0.4, -0.2) is 47.9 Å². The number of pyridine rings is 1. The van der Waals surface area contributed by atoms with Gasteiger partial charge in [0.15, 0.2) is 0 Å². The lowest BCUT2D eigenvalue weighted by Crippen LogP contribution is -2.39. The van der Waals surface area contributed by atoms with Gasteiger partial charge in [0.05, 0.1) is 12.0 Å². The summed E-state index contributed by atoms with van der Waals surface area (Å²) in [6.07, 6.45) is 1.60. The van der Waals surface area contributed by atoms with Crippen LogP contribution in [0.5, 0.6) is 0 Å². The maximum atomic E-state index is 12.9. The molecule has 132 valence electrons. The molecule has 0 aliphatic carbocycles. The molecular formula is C18H22N4O3. The maximum absolute atomic E-state index is 12.9. The molecule has 0 unspecified atom stereocenters. The van der Waals surface area contributed by atoms with Gasteiger partial charge in [-0.2, -0.15) is 0 Å². The van der Waals surface area contributed by atoms with E-state index in [0.717, 1.165) is 11.5 Å². The predicted molar refractivity (Wildman–Crippen MR) is 93.5 cm³/mol. The second-order valence-electron chi connectivity index (χ2n) is 6.25. The monoisotopic (exact) mass is 342 g/mol. The fourth-order valence-electron chi connectivity index (χ4n) is 3.20. The maximum Gasteiger partial charge on any atom is 0.254 e. The van der Waals surface area contributed by atoms with E-state index in [-0.39, 0.29) is 23.8 Å². The number of aryl methyl sites for hydroxylation is 1. The van der Waals surface area contributed by atoms with Crippen LogP contribution in [0.25, 0.3) is 0 Å². The molecule has 1 saturated heterocycles. The van der Waals surface area contributed by atoms with E-state index in [1.807, 2.05) is 19.1 Å². The largest absolute Gasteiger partial charge is 0.466 e. The van der Waals surface area contributed by atoms with Gasteiger partial charge in [0.2, 0.25) is 5.91 Å². The molecule has 2 atom stereocenters. The zero-order chi connectivity index (χ0) is 18.0. The molecule has 0 bridgehead atoms. The first-order valence-corrected chi connectivity index (χ1v) is 8.24. The van der Waals surface area contributed by atoms with Crippen LogP contribution in [0.3, 0.4) is 0 Å². The van der Waals surface area contributed by atoms with Crippen molar-refractivity contribution >= 4 is 17.6 Å². The number of rotatable bonds is 4.